The smallest absolute Gasteiger partial charge is 0.246 e. The van der Waals surface area contributed by atoms with Gasteiger partial charge in [-0.05, 0) is 32.5 Å². The van der Waals surface area contributed by atoms with Gasteiger partial charge in [-0.15, -0.1) is 0 Å². The lowest BCUT2D eigenvalue weighted by atomic mass is 10.2. The number of likely N-dealkylation sites (N-methyl/N-ethyl adjacent to an activating group) is 1. The number of aryl methyl sites for hydroxylation is 1. The molecule has 1 aromatic rings. The monoisotopic (exact) mass is 353 g/mol. The summed E-state index contributed by atoms with van der Waals surface area (Å²) in [6, 6.07) is 6.44. The van der Waals surface area contributed by atoms with Crippen LogP contribution in [-0.4, -0.2) is 69.1 Å². The van der Waals surface area contributed by atoms with Gasteiger partial charge in [0.25, 0.3) is 0 Å². The number of carbonyl (C=O) groups is 1. The lowest BCUT2D eigenvalue weighted by molar-refractivity contribution is -0.133. The molecule has 0 bridgehead atoms. The number of sulfonamides is 1. The summed E-state index contributed by atoms with van der Waals surface area (Å²) in [5, 5.41) is 0. The third-order valence-electron chi connectivity index (χ3n) is 4.49. The Balaban J connectivity index is 2.20. The Morgan fingerprint density at radius 2 is 1.71 bits per heavy atom. The maximum Gasteiger partial charge on any atom is 0.246 e. The Morgan fingerprint density at radius 1 is 1.17 bits per heavy atom. The number of rotatable bonds is 5. The summed E-state index contributed by atoms with van der Waals surface area (Å²) >= 11 is 0. The minimum atomic E-state index is -3.55. The number of anilines is 1. The van der Waals surface area contributed by atoms with E-state index in [1.54, 1.807) is 24.0 Å². The van der Waals surface area contributed by atoms with Crippen molar-refractivity contribution in [3.63, 3.8) is 0 Å². The van der Waals surface area contributed by atoms with Crippen LogP contribution in [0.5, 0.6) is 0 Å². The van der Waals surface area contributed by atoms with Gasteiger partial charge in [-0.25, -0.2) is 8.42 Å². The van der Waals surface area contributed by atoms with E-state index in [-0.39, 0.29) is 5.91 Å². The van der Waals surface area contributed by atoms with Crippen LogP contribution in [0.3, 0.4) is 0 Å². The van der Waals surface area contributed by atoms with Crippen LogP contribution in [-0.2, 0) is 14.8 Å². The van der Waals surface area contributed by atoms with Crippen LogP contribution in [0, 0.1) is 6.92 Å². The quantitative estimate of drug-likeness (QED) is 0.801. The van der Waals surface area contributed by atoms with E-state index in [1.165, 1.54) is 4.31 Å². The number of benzene rings is 1. The van der Waals surface area contributed by atoms with Gasteiger partial charge < -0.3 is 9.80 Å². The van der Waals surface area contributed by atoms with Crippen molar-refractivity contribution >= 4 is 21.6 Å². The molecule has 1 atom stereocenters. The van der Waals surface area contributed by atoms with Gasteiger partial charge >= 0.3 is 0 Å². The Bertz CT molecular complexity index is 665. The molecule has 134 valence electrons. The van der Waals surface area contributed by atoms with E-state index < -0.39 is 16.1 Å². The molecule has 1 aliphatic heterocycles. The second kappa shape index (κ2) is 7.53. The lowest BCUT2D eigenvalue weighted by Crippen LogP contribution is -2.55. The number of piperazine rings is 1. The summed E-state index contributed by atoms with van der Waals surface area (Å²) < 4.78 is 25.8. The first-order valence-corrected chi connectivity index (χ1v) is 10.2. The molecule has 1 aromatic carbocycles. The van der Waals surface area contributed by atoms with Crippen molar-refractivity contribution in [3.05, 3.63) is 29.8 Å². The highest BCUT2D eigenvalue weighted by atomic mass is 32.2. The van der Waals surface area contributed by atoms with Crippen molar-refractivity contribution in [1.82, 2.24) is 9.80 Å². The van der Waals surface area contributed by atoms with E-state index >= 15 is 0 Å². The highest BCUT2D eigenvalue weighted by Crippen LogP contribution is 2.22. The average Bonchev–Trinajstić information content (AvgIpc) is 2.55. The molecule has 0 N–H and O–H groups in total. The van der Waals surface area contributed by atoms with E-state index in [9.17, 15) is 13.2 Å². The number of nitrogens with zero attached hydrogens (tertiary/aromatic N) is 3. The molecular weight excluding hydrogens is 326 g/mol. The van der Waals surface area contributed by atoms with E-state index in [2.05, 4.69) is 11.8 Å². The zero-order chi connectivity index (χ0) is 17.9. The summed E-state index contributed by atoms with van der Waals surface area (Å²) in [5.74, 6) is -0.142. The first-order valence-electron chi connectivity index (χ1n) is 8.31. The maximum atomic E-state index is 12.8. The molecule has 0 spiro atoms. The SMILES string of the molecule is CCN1CCN(C(=O)[C@@H](C)N(c2ccc(C)cc2)S(C)(=O)=O)CC1. The normalized spacial score (nSPS) is 17.6. The van der Waals surface area contributed by atoms with E-state index in [1.807, 2.05) is 19.1 Å². The van der Waals surface area contributed by atoms with Crippen molar-refractivity contribution in [2.24, 2.45) is 0 Å². The number of amides is 1. The molecule has 0 aromatic heterocycles. The molecular formula is C17H27N3O3S. The number of hydrogen-bond acceptors (Lipinski definition) is 4. The number of hydrogen-bond donors (Lipinski definition) is 0. The first kappa shape index (κ1) is 18.7. The molecule has 1 fully saturated rings. The Kier molecular flexibility index (Phi) is 5.87. The first-order chi connectivity index (χ1) is 11.2. The van der Waals surface area contributed by atoms with Crippen molar-refractivity contribution in [1.29, 1.82) is 0 Å². The lowest BCUT2D eigenvalue weighted by Gasteiger charge is -2.37. The highest BCUT2D eigenvalue weighted by molar-refractivity contribution is 7.92. The fraction of sp³-hybridized carbons (Fsp3) is 0.588. The Hall–Kier alpha value is -1.60. The molecule has 0 unspecified atom stereocenters. The van der Waals surface area contributed by atoms with Crippen LogP contribution in [0.4, 0.5) is 5.69 Å². The minimum Gasteiger partial charge on any atom is -0.338 e. The van der Waals surface area contributed by atoms with Crippen LogP contribution in [0.25, 0.3) is 0 Å². The summed E-state index contributed by atoms with van der Waals surface area (Å²) in [6.07, 6.45) is 1.14. The zero-order valence-electron chi connectivity index (χ0n) is 14.9. The summed E-state index contributed by atoms with van der Waals surface area (Å²) in [4.78, 5) is 16.9. The standard InChI is InChI=1S/C17H27N3O3S/c1-5-18-10-12-19(13-11-18)17(21)15(3)20(24(4,22)23)16-8-6-14(2)7-9-16/h6-9,15H,5,10-13H2,1-4H3/t15-/m1/s1. The molecule has 7 heteroatoms. The second-order valence-electron chi connectivity index (χ2n) is 6.33. The van der Waals surface area contributed by atoms with Crippen molar-refractivity contribution in [2.45, 2.75) is 26.8 Å². The molecule has 1 heterocycles. The summed E-state index contributed by atoms with van der Waals surface area (Å²) in [6.45, 7) is 9.62. The molecule has 1 aliphatic rings. The summed E-state index contributed by atoms with van der Waals surface area (Å²) in [7, 11) is -3.55. The van der Waals surface area contributed by atoms with Crippen molar-refractivity contribution in [2.75, 3.05) is 43.3 Å². The van der Waals surface area contributed by atoms with E-state index in [0.717, 1.165) is 31.5 Å². The van der Waals surface area contributed by atoms with Crippen molar-refractivity contribution < 1.29 is 13.2 Å². The molecule has 0 radical (unpaired) electrons. The van der Waals surface area contributed by atoms with E-state index in [4.69, 9.17) is 0 Å². The predicted molar refractivity (Wildman–Crippen MR) is 96.7 cm³/mol. The second-order valence-corrected chi connectivity index (χ2v) is 8.19. The van der Waals surface area contributed by atoms with Gasteiger partial charge in [0, 0.05) is 26.2 Å². The topological polar surface area (TPSA) is 60.9 Å². The van der Waals surface area contributed by atoms with E-state index in [0.29, 0.717) is 18.8 Å². The van der Waals surface area contributed by atoms with Crippen LogP contribution in [0.15, 0.2) is 24.3 Å². The van der Waals surface area contributed by atoms with Crippen LogP contribution >= 0.6 is 0 Å². The summed E-state index contributed by atoms with van der Waals surface area (Å²) in [5.41, 5.74) is 1.57. The maximum absolute atomic E-state index is 12.8. The van der Waals surface area contributed by atoms with Gasteiger partial charge in [-0.3, -0.25) is 9.10 Å². The number of carbonyl (C=O) groups excluding carboxylic acids is 1. The van der Waals surface area contributed by atoms with Crippen LogP contribution in [0.2, 0.25) is 0 Å². The minimum absolute atomic E-state index is 0.142. The van der Waals surface area contributed by atoms with Crippen LogP contribution < -0.4 is 4.31 Å². The average molecular weight is 353 g/mol. The molecule has 1 saturated heterocycles. The molecule has 0 saturated carbocycles. The fourth-order valence-corrected chi connectivity index (χ4v) is 4.21. The van der Waals surface area contributed by atoms with Crippen LogP contribution in [0.1, 0.15) is 19.4 Å². The largest absolute Gasteiger partial charge is 0.338 e. The molecule has 0 aliphatic carbocycles. The van der Waals surface area contributed by atoms with Gasteiger partial charge in [-0.2, -0.15) is 0 Å². The molecule has 24 heavy (non-hydrogen) atoms. The van der Waals surface area contributed by atoms with Gasteiger partial charge in [0.2, 0.25) is 15.9 Å². The third kappa shape index (κ3) is 4.27. The van der Waals surface area contributed by atoms with Gasteiger partial charge in [0.05, 0.1) is 11.9 Å². The van der Waals surface area contributed by atoms with Crippen molar-refractivity contribution in [3.8, 4) is 0 Å². The molecule has 1 amide bonds. The third-order valence-corrected chi connectivity index (χ3v) is 5.73. The molecule has 2 rings (SSSR count). The molecule has 6 nitrogen and oxygen atoms in total. The Labute approximate surface area is 145 Å². The zero-order valence-corrected chi connectivity index (χ0v) is 15.7. The van der Waals surface area contributed by atoms with Gasteiger partial charge in [-0.1, -0.05) is 24.6 Å². The highest BCUT2D eigenvalue weighted by Gasteiger charge is 2.33. The van der Waals surface area contributed by atoms with Gasteiger partial charge in [0.15, 0.2) is 0 Å². The Morgan fingerprint density at radius 3 is 2.17 bits per heavy atom. The fourth-order valence-electron chi connectivity index (χ4n) is 3.04. The predicted octanol–water partition coefficient (Wildman–Crippen LogP) is 1.31. The van der Waals surface area contributed by atoms with Gasteiger partial charge in [0.1, 0.15) is 6.04 Å².